The van der Waals surface area contributed by atoms with Crippen LogP contribution in [0.1, 0.15) is 25.8 Å². The summed E-state index contributed by atoms with van der Waals surface area (Å²) in [6.45, 7) is 6.59. The summed E-state index contributed by atoms with van der Waals surface area (Å²) in [6, 6.07) is 3.40. The standard InChI is InChI=1S/C17H22ClN3O3S/c1-9(2)8-19-17-21-16(23)14(25-17)7-15(22)20-12-5-10(3)11(18)6-13(12)24-4/h5-6,9,14H,7-8H2,1-4H3,(H,20,22)(H,19,21,23)/t14-/m1/s1. The summed E-state index contributed by atoms with van der Waals surface area (Å²) in [5.74, 6) is 0.430. The maximum absolute atomic E-state index is 12.3. The van der Waals surface area contributed by atoms with Gasteiger partial charge in [-0.2, -0.15) is 0 Å². The van der Waals surface area contributed by atoms with Crippen LogP contribution in [-0.4, -0.2) is 35.9 Å². The second-order valence-electron chi connectivity index (χ2n) is 6.19. The number of aryl methyl sites for hydroxylation is 1. The molecule has 0 aliphatic carbocycles. The van der Waals surface area contributed by atoms with E-state index in [1.807, 2.05) is 6.92 Å². The molecule has 1 aromatic carbocycles. The van der Waals surface area contributed by atoms with Crippen molar-refractivity contribution in [2.75, 3.05) is 19.0 Å². The van der Waals surface area contributed by atoms with Crippen molar-refractivity contribution in [3.8, 4) is 5.75 Å². The predicted molar refractivity (Wildman–Crippen MR) is 103 cm³/mol. The Labute approximate surface area is 156 Å². The zero-order chi connectivity index (χ0) is 18.6. The Balaban J connectivity index is 2.00. The van der Waals surface area contributed by atoms with Crippen LogP contribution in [0, 0.1) is 12.8 Å². The van der Waals surface area contributed by atoms with E-state index in [-0.39, 0.29) is 18.2 Å². The number of ether oxygens (including phenoxy) is 1. The number of halogens is 1. The molecule has 136 valence electrons. The number of methoxy groups -OCH3 is 1. The van der Waals surface area contributed by atoms with Crippen LogP contribution < -0.4 is 15.4 Å². The summed E-state index contributed by atoms with van der Waals surface area (Å²) in [5.41, 5.74) is 1.36. The van der Waals surface area contributed by atoms with Crippen molar-refractivity contribution in [3.05, 3.63) is 22.7 Å². The first-order chi connectivity index (χ1) is 11.8. The minimum Gasteiger partial charge on any atom is -0.495 e. The third-order valence-electron chi connectivity index (χ3n) is 3.50. The normalized spacial score (nSPS) is 18.6. The Kier molecular flexibility index (Phi) is 6.72. The second kappa shape index (κ2) is 8.58. The monoisotopic (exact) mass is 383 g/mol. The number of amidine groups is 1. The fourth-order valence-corrected chi connectivity index (χ4v) is 3.31. The van der Waals surface area contributed by atoms with Gasteiger partial charge in [0, 0.05) is 24.1 Å². The van der Waals surface area contributed by atoms with Crippen molar-refractivity contribution in [1.29, 1.82) is 0 Å². The van der Waals surface area contributed by atoms with Gasteiger partial charge in [0.05, 0.1) is 12.8 Å². The van der Waals surface area contributed by atoms with Crippen molar-refractivity contribution >= 4 is 46.0 Å². The van der Waals surface area contributed by atoms with Crippen LogP contribution in [0.25, 0.3) is 0 Å². The highest BCUT2D eigenvalue weighted by Crippen LogP contribution is 2.31. The molecule has 1 aliphatic heterocycles. The number of hydrogen-bond acceptors (Lipinski definition) is 5. The molecule has 2 N–H and O–H groups in total. The Morgan fingerprint density at radius 2 is 2.20 bits per heavy atom. The molecule has 0 aromatic heterocycles. The number of rotatable bonds is 6. The largest absolute Gasteiger partial charge is 0.495 e. The highest BCUT2D eigenvalue weighted by atomic mass is 35.5. The van der Waals surface area contributed by atoms with Crippen LogP contribution in [0.4, 0.5) is 5.69 Å². The van der Waals surface area contributed by atoms with Gasteiger partial charge in [-0.05, 0) is 24.5 Å². The average Bonchev–Trinajstić information content (AvgIpc) is 2.88. The smallest absolute Gasteiger partial charge is 0.240 e. The molecule has 8 heteroatoms. The number of benzene rings is 1. The van der Waals surface area contributed by atoms with E-state index in [2.05, 4.69) is 29.5 Å². The highest BCUT2D eigenvalue weighted by molar-refractivity contribution is 8.15. The number of carbonyl (C=O) groups is 2. The van der Waals surface area contributed by atoms with Crippen LogP contribution >= 0.6 is 23.4 Å². The van der Waals surface area contributed by atoms with Crippen molar-refractivity contribution < 1.29 is 14.3 Å². The van der Waals surface area contributed by atoms with Crippen LogP contribution in [0.3, 0.4) is 0 Å². The van der Waals surface area contributed by atoms with Crippen molar-refractivity contribution in [2.24, 2.45) is 10.9 Å². The van der Waals surface area contributed by atoms with E-state index < -0.39 is 5.25 Å². The molecule has 0 radical (unpaired) electrons. The molecule has 0 saturated carbocycles. The number of hydrogen-bond donors (Lipinski definition) is 2. The predicted octanol–water partition coefficient (Wildman–Crippen LogP) is 3.23. The first-order valence-electron chi connectivity index (χ1n) is 7.96. The van der Waals surface area contributed by atoms with Crippen molar-refractivity contribution in [2.45, 2.75) is 32.4 Å². The van der Waals surface area contributed by atoms with Gasteiger partial charge in [-0.3, -0.25) is 14.6 Å². The molecule has 1 aliphatic rings. The molecule has 6 nitrogen and oxygen atoms in total. The Morgan fingerprint density at radius 1 is 1.48 bits per heavy atom. The van der Waals surface area contributed by atoms with E-state index in [0.717, 1.165) is 5.56 Å². The highest BCUT2D eigenvalue weighted by Gasteiger charge is 2.32. The molecule has 2 amide bonds. The van der Waals surface area contributed by atoms with Gasteiger partial charge < -0.3 is 15.4 Å². The zero-order valence-corrected chi connectivity index (χ0v) is 16.3. The molecular formula is C17H22ClN3O3S. The van der Waals surface area contributed by atoms with Gasteiger partial charge in [0.2, 0.25) is 11.8 Å². The fourth-order valence-electron chi connectivity index (χ4n) is 2.18. The zero-order valence-electron chi connectivity index (χ0n) is 14.7. The van der Waals surface area contributed by atoms with E-state index in [4.69, 9.17) is 16.3 Å². The molecule has 1 fully saturated rings. The molecule has 25 heavy (non-hydrogen) atoms. The maximum Gasteiger partial charge on any atom is 0.240 e. The second-order valence-corrected chi connectivity index (χ2v) is 7.79. The summed E-state index contributed by atoms with van der Waals surface area (Å²) in [6.07, 6.45) is 0.0576. The van der Waals surface area contributed by atoms with Crippen molar-refractivity contribution in [1.82, 2.24) is 5.32 Å². The lowest BCUT2D eigenvalue weighted by molar-refractivity contribution is -0.122. The summed E-state index contributed by atoms with van der Waals surface area (Å²) < 4.78 is 5.24. The fraction of sp³-hybridized carbons (Fsp3) is 0.471. The third-order valence-corrected chi connectivity index (χ3v) is 5.03. The molecule has 2 rings (SSSR count). The number of aliphatic imine (C=N–C) groups is 1. The lowest BCUT2D eigenvalue weighted by atomic mass is 10.2. The Morgan fingerprint density at radius 3 is 2.84 bits per heavy atom. The van der Waals surface area contributed by atoms with Gasteiger partial charge >= 0.3 is 0 Å². The summed E-state index contributed by atoms with van der Waals surface area (Å²) in [4.78, 5) is 28.7. The third kappa shape index (κ3) is 5.37. The summed E-state index contributed by atoms with van der Waals surface area (Å²) >= 11 is 7.35. The topological polar surface area (TPSA) is 79.8 Å². The van der Waals surface area contributed by atoms with Gasteiger partial charge in [0.1, 0.15) is 11.0 Å². The number of thioether (sulfide) groups is 1. The number of anilines is 1. The molecule has 0 spiro atoms. The molecular weight excluding hydrogens is 362 g/mol. The van der Waals surface area contributed by atoms with Gasteiger partial charge in [-0.25, -0.2) is 0 Å². The lowest BCUT2D eigenvalue weighted by Gasteiger charge is -2.13. The number of carbonyl (C=O) groups excluding carboxylic acids is 2. The molecule has 0 unspecified atom stereocenters. The van der Waals surface area contributed by atoms with Crippen LogP contribution in [0.5, 0.6) is 5.75 Å². The maximum atomic E-state index is 12.3. The van der Waals surface area contributed by atoms with Crippen molar-refractivity contribution in [3.63, 3.8) is 0 Å². The van der Waals surface area contributed by atoms with E-state index in [1.54, 1.807) is 12.1 Å². The van der Waals surface area contributed by atoms with Gasteiger partial charge in [0.25, 0.3) is 0 Å². The molecule has 1 atom stereocenters. The van der Waals surface area contributed by atoms with Gasteiger partial charge in [-0.15, -0.1) is 0 Å². The molecule has 0 bridgehead atoms. The van der Waals surface area contributed by atoms with Gasteiger partial charge in [0.15, 0.2) is 5.17 Å². The molecule has 1 aromatic rings. The number of amides is 2. The van der Waals surface area contributed by atoms with E-state index in [9.17, 15) is 9.59 Å². The Bertz CT molecular complexity index is 707. The molecule has 1 heterocycles. The molecule has 1 saturated heterocycles. The van der Waals surface area contributed by atoms with Crippen LogP contribution in [0.2, 0.25) is 5.02 Å². The van der Waals surface area contributed by atoms with Crippen LogP contribution in [-0.2, 0) is 9.59 Å². The first kappa shape index (κ1) is 19.6. The Hall–Kier alpha value is -1.73. The minimum atomic E-state index is -0.481. The lowest BCUT2D eigenvalue weighted by Crippen LogP contribution is -2.28. The summed E-state index contributed by atoms with van der Waals surface area (Å²) in [7, 11) is 1.51. The quantitative estimate of drug-likeness (QED) is 0.790. The van der Waals surface area contributed by atoms with Gasteiger partial charge in [-0.1, -0.05) is 37.2 Å². The first-order valence-corrected chi connectivity index (χ1v) is 9.22. The van der Waals surface area contributed by atoms with E-state index in [1.165, 1.54) is 18.9 Å². The SMILES string of the molecule is COc1cc(Cl)c(C)cc1NC(=O)C[C@H]1SC(=NCC(C)C)NC1=O. The average molecular weight is 384 g/mol. The minimum absolute atomic E-state index is 0.0576. The van der Waals surface area contributed by atoms with Crippen LogP contribution in [0.15, 0.2) is 17.1 Å². The number of nitrogens with zero attached hydrogens (tertiary/aromatic N) is 1. The number of nitrogens with one attached hydrogen (secondary N) is 2. The summed E-state index contributed by atoms with van der Waals surface area (Å²) in [5, 5.41) is 6.17. The van der Waals surface area contributed by atoms with E-state index >= 15 is 0 Å². The van der Waals surface area contributed by atoms with E-state index in [0.29, 0.717) is 34.1 Å².